The number of anilines is 1. The number of carbonyl (C=O) groups is 2. The number of benzene rings is 2. The molecule has 0 saturated heterocycles. The fourth-order valence-corrected chi connectivity index (χ4v) is 3.81. The van der Waals surface area contributed by atoms with Crippen LogP contribution in [0.25, 0.3) is 0 Å². The molecule has 2 aromatic carbocycles. The van der Waals surface area contributed by atoms with Crippen molar-refractivity contribution in [2.24, 2.45) is 0 Å². The van der Waals surface area contributed by atoms with Crippen molar-refractivity contribution in [2.75, 3.05) is 25.0 Å². The number of sulfonamides is 1. The fraction of sp³-hybridized carbons (Fsp3) is 0.273. The lowest BCUT2D eigenvalue weighted by atomic mass is 10.2. The molecule has 0 spiro atoms. The van der Waals surface area contributed by atoms with Crippen LogP contribution in [0.1, 0.15) is 29.3 Å². The summed E-state index contributed by atoms with van der Waals surface area (Å²) in [5, 5.41) is 2.83. The predicted octanol–water partition coefficient (Wildman–Crippen LogP) is 2.95. The van der Waals surface area contributed by atoms with Gasteiger partial charge < -0.3 is 10.2 Å². The summed E-state index contributed by atoms with van der Waals surface area (Å²) in [5.41, 5.74) is 1.95. The van der Waals surface area contributed by atoms with E-state index in [0.717, 1.165) is 5.56 Å². The summed E-state index contributed by atoms with van der Waals surface area (Å²) in [6.45, 7) is 7.71. The topological polar surface area (TPSA) is 95.6 Å². The Labute approximate surface area is 177 Å². The van der Waals surface area contributed by atoms with E-state index in [1.165, 1.54) is 35.2 Å². The number of nitrogens with one attached hydrogen (secondary N) is 2. The number of rotatable bonds is 10. The number of para-hydroxylation sites is 1. The first-order chi connectivity index (χ1) is 14.3. The minimum absolute atomic E-state index is 0.0558. The van der Waals surface area contributed by atoms with Crippen LogP contribution in [-0.2, 0) is 14.8 Å². The Morgan fingerprint density at radius 1 is 1.10 bits per heavy atom. The Morgan fingerprint density at radius 2 is 1.77 bits per heavy atom. The fourth-order valence-electron chi connectivity index (χ4n) is 2.81. The molecular weight excluding hydrogens is 402 g/mol. The maximum Gasteiger partial charge on any atom is 0.254 e. The smallest absolute Gasteiger partial charge is 0.254 e. The molecule has 0 bridgehead atoms. The third-order valence-electron chi connectivity index (χ3n) is 4.36. The van der Waals surface area contributed by atoms with E-state index in [2.05, 4.69) is 16.6 Å². The molecule has 2 amide bonds. The molecule has 7 nitrogen and oxygen atoms in total. The highest BCUT2D eigenvalue weighted by Crippen LogP contribution is 2.15. The number of hydrogen-bond donors (Lipinski definition) is 2. The molecule has 0 aliphatic rings. The number of nitrogens with zero attached hydrogens (tertiary/aromatic N) is 1. The van der Waals surface area contributed by atoms with E-state index in [1.807, 2.05) is 32.0 Å². The number of hydrogen-bond acceptors (Lipinski definition) is 4. The Kier molecular flexibility index (Phi) is 8.32. The van der Waals surface area contributed by atoms with Gasteiger partial charge in [-0.15, -0.1) is 6.58 Å². The largest absolute Gasteiger partial charge is 0.329 e. The van der Waals surface area contributed by atoms with Crippen LogP contribution in [-0.4, -0.2) is 44.8 Å². The Morgan fingerprint density at radius 3 is 2.37 bits per heavy atom. The molecule has 0 aliphatic heterocycles. The van der Waals surface area contributed by atoms with Gasteiger partial charge in [-0.2, -0.15) is 0 Å². The average Bonchev–Trinajstić information content (AvgIpc) is 2.73. The van der Waals surface area contributed by atoms with Gasteiger partial charge in [-0.25, -0.2) is 13.1 Å². The highest BCUT2D eigenvalue weighted by Gasteiger charge is 2.20. The lowest BCUT2D eigenvalue weighted by Gasteiger charge is -2.22. The van der Waals surface area contributed by atoms with Crippen molar-refractivity contribution in [1.82, 2.24) is 9.62 Å². The van der Waals surface area contributed by atoms with E-state index in [9.17, 15) is 18.0 Å². The highest BCUT2D eigenvalue weighted by atomic mass is 32.2. The second kappa shape index (κ2) is 10.7. The van der Waals surface area contributed by atoms with Crippen LogP contribution in [0.5, 0.6) is 0 Å². The van der Waals surface area contributed by atoms with Crippen molar-refractivity contribution in [3.8, 4) is 0 Å². The summed E-state index contributed by atoms with van der Waals surface area (Å²) in [6, 6.07) is 13.1. The molecule has 160 valence electrons. The van der Waals surface area contributed by atoms with Crippen LogP contribution in [0.4, 0.5) is 5.69 Å². The molecule has 30 heavy (non-hydrogen) atoms. The van der Waals surface area contributed by atoms with Crippen LogP contribution in [0.2, 0.25) is 0 Å². The normalized spacial score (nSPS) is 11.0. The molecule has 2 N–H and O–H groups in total. The molecule has 0 saturated carbocycles. The van der Waals surface area contributed by atoms with Crippen LogP contribution in [0.15, 0.2) is 66.1 Å². The van der Waals surface area contributed by atoms with Gasteiger partial charge in [0.1, 0.15) is 6.54 Å². The van der Waals surface area contributed by atoms with Crippen molar-refractivity contribution < 1.29 is 18.0 Å². The van der Waals surface area contributed by atoms with E-state index in [0.29, 0.717) is 24.2 Å². The summed E-state index contributed by atoms with van der Waals surface area (Å²) in [4.78, 5) is 26.9. The van der Waals surface area contributed by atoms with Crippen LogP contribution < -0.4 is 10.0 Å². The van der Waals surface area contributed by atoms with Crippen LogP contribution >= 0.6 is 0 Å². The van der Waals surface area contributed by atoms with E-state index < -0.39 is 10.0 Å². The Hall–Kier alpha value is -2.97. The second-order valence-electron chi connectivity index (χ2n) is 6.75. The maximum absolute atomic E-state index is 12.9. The van der Waals surface area contributed by atoms with Gasteiger partial charge >= 0.3 is 0 Å². The zero-order valence-electron chi connectivity index (χ0n) is 17.2. The van der Waals surface area contributed by atoms with Gasteiger partial charge in [-0.05, 0) is 49.2 Å². The molecule has 0 aromatic heterocycles. The third-order valence-corrected chi connectivity index (χ3v) is 5.80. The third kappa shape index (κ3) is 6.27. The minimum atomic E-state index is -3.66. The number of aryl methyl sites for hydroxylation is 1. The van der Waals surface area contributed by atoms with Gasteiger partial charge in [0.25, 0.3) is 5.91 Å². The van der Waals surface area contributed by atoms with Crippen molar-refractivity contribution >= 4 is 27.5 Å². The number of carbonyl (C=O) groups excluding carboxylic acids is 2. The van der Waals surface area contributed by atoms with Crippen molar-refractivity contribution in [1.29, 1.82) is 0 Å². The average molecular weight is 430 g/mol. The Balaban J connectivity index is 2.11. The first kappa shape index (κ1) is 23.3. The second-order valence-corrected chi connectivity index (χ2v) is 8.52. The van der Waals surface area contributed by atoms with Crippen LogP contribution in [0, 0.1) is 6.92 Å². The van der Waals surface area contributed by atoms with Gasteiger partial charge in [-0.3, -0.25) is 9.59 Å². The number of amides is 2. The summed E-state index contributed by atoms with van der Waals surface area (Å²) >= 11 is 0. The standard InChI is InChI=1S/C22H27N3O4S/c1-4-14-23-30(28,29)19-12-10-18(11-13-19)22(27)25(15-5-2)16-21(26)24-20-9-7-6-8-17(20)3/h4,6-13,23H,1,5,14-16H2,2-3H3,(H,24,26). The van der Waals surface area contributed by atoms with Gasteiger partial charge in [0.05, 0.1) is 4.90 Å². The first-order valence-electron chi connectivity index (χ1n) is 9.64. The summed E-state index contributed by atoms with van der Waals surface area (Å²) in [7, 11) is -3.66. The van der Waals surface area contributed by atoms with Crippen LogP contribution in [0.3, 0.4) is 0 Å². The van der Waals surface area contributed by atoms with Gasteiger partial charge in [0.15, 0.2) is 0 Å². The molecule has 2 rings (SSSR count). The highest BCUT2D eigenvalue weighted by molar-refractivity contribution is 7.89. The predicted molar refractivity (Wildman–Crippen MR) is 118 cm³/mol. The molecule has 0 aliphatic carbocycles. The van der Waals surface area contributed by atoms with Crippen molar-refractivity contribution in [3.63, 3.8) is 0 Å². The summed E-state index contributed by atoms with van der Waals surface area (Å²) in [6.07, 6.45) is 2.13. The van der Waals surface area contributed by atoms with E-state index >= 15 is 0 Å². The molecule has 0 atom stereocenters. The van der Waals surface area contributed by atoms with Crippen molar-refractivity contribution in [2.45, 2.75) is 25.2 Å². The molecule has 0 unspecified atom stereocenters. The molecule has 0 radical (unpaired) electrons. The van der Waals surface area contributed by atoms with Gasteiger partial charge in [-0.1, -0.05) is 31.2 Å². The minimum Gasteiger partial charge on any atom is -0.329 e. The van der Waals surface area contributed by atoms with E-state index in [-0.39, 0.29) is 29.8 Å². The lowest BCUT2D eigenvalue weighted by Crippen LogP contribution is -2.38. The zero-order valence-corrected chi connectivity index (χ0v) is 18.0. The Bertz CT molecular complexity index is 1000. The van der Waals surface area contributed by atoms with E-state index in [4.69, 9.17) is 0 Å². The molecule has 0 fully saturated rings. The van der Waals surface area contributed by atoms with Gasteiger partial charge in [0, 0.05) is 24.3 Å². The zero-order chi connectivity index (χ0) is 22.1. The summed E-state index contributed by atoms with van der Waals surface area (Å²) < 4.78 is 26.7. The monoisotopic (exact) mass is 429 g/mol. The molecule has 0 heterocycles. The first-order valence-corrected chi connectivity index (χ1v) is 11.1. The van der Waals surface area contributed by atoms with Gasteiger partial charge in [0.2, 0.25) is 15.9 Å². The summed E-state index contributed by atoms with van der Waals surface area (Å²) in [5.74, 6) is -0.626. The SMILES string of the molecule is C=CCNS(=O)(=O)c1ccc(C(=O)N(CCC)CC(=O)Nc2ccccc2C)cc1. The lowest BCUT2D eigenvalue weighted by molar-refractivity contribution is -0.116. The maximum atomic E-state index is 12.9. The van der Waals surface area contributed by atoms with E-state index in [1.54, 1.807) is 6.07 Å². The molecule has 8 heteroatoms. The quantitative estimate of drug-likeness (QED) is 0.568. The van der Waals surface area contributed by atoms with Crippen molar-refractivity contribution in [3.05, 3.63) is 72.3 Å². The molecular formula is C22H27N3O4S. The molecule has 2 aromatic rings.